The largest absolute Gasteiger partial charge is 0.444 e. The number of nitrogens with one attached hydrogen (secondary N) is 2. The van der Waals surface area contributed by atoms with Crippen molar-refractivity contribution in [1.82, 2.24) is 15.5 Å². The summed E-state index contributed by atoms with van der Waals surface area (Å²) in [4.78, 5) is 53.0. The molecule has 0 saturated carbocycles. The molecule has 0 fully saturated rings. The van der Waals surface area contributed by atoms with E-state index < -0.39 is 41.5 Å². The molecule has 2 aromatic rings. The minimum Gasteiger partial charge on any atom is -0.444 e. The zero-order valence-corrected chi connectivity index (χ0v) is 22.5. The second kappa shape index (κ2) is 14.0. The van der Waals surface area contributed by atoms with E-state index in [1.807, 2.05) is 49.4 Å². The van der Waals surface area contributed by atoms with Gasteiger partial charge in [0.1, 0.15) is 17.7 Å². The summed E-state index contributed by atoms with van der Waals surface area (Å²) in [6.45, 7) is 11.0. The van der Waals surface area contributed by atoms with E-state index >= 15 is 0 Å². The van der Waals surface area contributed by atoms with Crippen molar-refractivity contribution in [2.24, 2.45) is 5.73 Å². The number of nitrogens with zero attached hydrogens (tertiary/aromatic N) is 1. The Morgan fingerprint density at radius 3 is 2.26 bits per heavy atom. The molecule has 0 bridgehead atoms. The van der Waals surface area contributed by atoms with Gasteiger partial charge in [0.15, 0.2) is 0 Å². The molecule has 0 saturated heterocycles. The minimum atomic E-state index is -1.16. The molecule has 204 valence electrons. The molecule has 9 heteroatoms. The number of alkyl carbamates (subject to hydrolysis) is 1. The maximum Gasteiger partial charge on any atom is 0.408 e. The van der Waals surface area contributed by atoms with Crippen molar-refractivity contribution in [2.45, 2.75) is 64.8 Å². The lowest BCUT2D eigenvalue weighted by molar-refractivity contribution is -0.142. The Morgan fingerprint density at radius 2 is 1.68 bits per heavy atom. The number of aryl methyl sites for hydroxylation is 1. The number of primary amides is 1. The first-order chi connectivity index (χ1) is 17.9. The molecule has 2 aromatic carbocycles. The Bertz CT molecular complexity index is 1130. The molecule has 0 spiro atoms. The Kier molecular flexibility index (Phi) is 11.1. The summed E-state index contributed by atoms with van der Waals surface area (Å²) >= 11 is 0. The minimum absolute atomic E-state index is 0.0136. The van der Waals surface area contributed by atoms with Gasteiger partial charge in [0.25, 0.3) is 0 Å². The fraction of sp³-hybridized carbons (Fsp3) is 0.379. The molecule has 0 radical (unpaired) electrons. The first kappa shape index (κ1) is 30.1. The van der Waals surface area contributed by atoms with Gasteiger partial charge >= 0.3 is 6.09 Å². The van der Waals surface area contributed by atoms with E-state index in [0.29, 0.717) is 5.56 Å². The third-order valence-electron chi connectivity index (χ3n) is 5.63. The van der Waals surface area contributed by atoms with Crippen molar-refractivity contribution in [3.8, 4) is 0 Å². The van der Waals surface area contributed by atoms with E-state index in [1.165, 1.54) is 11.0 Å². The van der Waals surface area contributed by atoms with Crippen LogP contribution in [0.3, 0.4) is 0 Å². The smallest absolute Gasteiger partial charge is 0.408 e. The number of ether oxygens (including phenoxy) is 1. The van der Waals surface area contributed by atoms with Crippen molar-refractivity contribution in [3.05, 3.63) is 83.9 Å². The molecular weight excluding hydrogens is 484 g/mol. The lowest BCUT2D eigenvalue weighted by Gasteiger charge is -2.34. The zero-order valence-electron chi connectivity index (χ0n) is 22.5. The molecule has 0 heterocycles. The van der Waals surface area contributed by atoms with E-state index in [-0.39, 0.29) is 25.9 Å². The van der Waals surface area contributed by atoms with Crippen molar-refractivity contribution < 1.29 is 23.9 Å². The van der Waals surface area contributed by atoms with Crippen LogP contribution >= 0.6 is 0 Å². The Balaban J connectivity index is 2.45. The van der Waals surface area contributed by atoms with Crippen LogP contribution < -0.4 is 16.4 Å². The fourth-order valence-electron chi connectivity index (χ4n) is 3.88. The van der Waals surface area contributed by atoms with Crippen LogP contribution in [0.2, 0.25) is 0 Å². The van der Waals surface area contributed by atoms with Gasteiger partial charge in [0.2, 0.25) is 17.7 Å². The molecule has 0 aromatic heterocycles. The maximum absolute atomic E-state index is 13.9. The predicted molar refractivity (Wildman–Crippen MR) is 146 cm³/mol. The van der Waals surface area contributed by atoms with E-state index in [1.54, 1.807) is 32.9 Å². The van der Waals surface area contributed by atoms with Gasteiger partial charge in [-0.3, -0.25) is 14.4 Å². The standard InChI is InChI=1S/C29H38N4O5/c1-6-18-33(27(36)23(16-17-24(30)34)32-28(37)38-29(3,4)5)25(22-15-11-10-12-20(22)2)26(35)31-19-21-13-8-7-9-14-21/h6-15,23,25H,1,16-19H2,2-5H3,(H2,30,34)(H,31,35)(H,32,37). The van der Waals surface area contributed by atoms with E-state index in [9.17, 15) is 19.2 Å². The van der Waals surface area contributed by atoms with Crippen molar-refractivity contribution >= 4 is 23.8 Å². The molecule has 0 aliphatic heterocycles. The van der Waals surface area contributed by atoms with Gasteiger partial charge < -0.3 is 26.0 Å². The second-order valence-electron chi connectivity index (χ2n) is 9.95. The normalized spacial score (nSPS) is 12.5. The topological polar surface area (TPSA) is 131 Å². The quantitative estimate of drug-likeness (QED) is 0.367. The molecule has 4 N–H and O–H groups in total. The fourth-order valence-corrected chi connectivity index (χ4v) is 3.88. The van der Waals surface area contributed by atoms with Gasteiger partial charge in [-0.25, -0.2) is 4.79 Å². The van der Waals surface area contributed by atoms with Crippen LogP contribution in [0.1, 0.15) is 56.3 Å². The van der Waals surface area contributed by atoms with Gasteiger partial charge in [-0.15, -0.1) is 6.58 Å². The Hall–Kier alpha value is -4.14. The highest BCUT2D eigenvalue weighted by molar-refractivity contribution is 5.92. The molecule has 9 nitrogen and oxygen atoms in total. The van der Waals surface area contributed by atoms with Crippen LogP contribution in [0.5, 0.6) is 0 Å². The highest BCUT2D eigenvalue weighted by atomic mass is 16.6. The number of hydrogen-bond acceptors (Lipinski definition) is 5. The summed E-state index contributed by atoms with van der Waals surface area (Å²) in [5, 5.41) is 5.49. The highest BCUT2D eigenvalue weighted by Crippen LogP contribution is 2.26. The third-order valence-corrected chi connectivity index (χ3v) is 5.63. The lowest BCUT2D eigenvalue weighted by atomic mass is 9.97. The zero-order chi connectivity index (χ0) is 28.3. The highest BCUT2D eigenvalue weighted by Gasteiger charge is 2.36. The summed E-state index contributed by atoms with van der Waals surface area (Å²) in [6, 6.07) is 14.5. The van der Waals surface area contributed by atoms with Gasteiger partial charge in [-0.2, -0.15) is 0 Å². The summed E-state index contributed by atoms with van der Waals surface area (Å²) in [7, 11) is 0. The number of hydrogen-bond donors (Lipinski definition) is 3. The molecule has 4 amide bonds. The molecular formula is C29H38N4O5. The van der Waals surface area contributed by atoms with Crippen LogP contribution in [-0.4, -0.2) is 46.9 Å². The van der Waals surface area contributed by atoms with Crippen LogP contribution in [0.25, 0.3) is 0 Å². The van der Waals surface area contributed by atoms with E-state index in [4.69, 9.17) is 10.5 Å². The van der Waals surface area contributed by atoms with Crippen LogP contribution in [0.15, 0.2) is 67.3 Å². The number of nitrogens with two attached hydrogens (primary N) is 1. The Labute approximate surface area is 224 Å². The van der Waals surface area contributed by atoms with E-state index in [2.05, 4.69) is 17.2 Å². The summed E-state index contributed by atoms with van der Waals surface area (Å²) < 4.78 is 5.33. The third kappa shape index (κ3) is 9.38. The number of benzene rings is 2. The summed E-state index contributed by atoms with van der Waals surface area (Å²) in [6.07, 6.45) is 0.475. The molecule has 38 heavy (non-hydrogen) atoms. The molecule has 2 rings (SSSR count). The number of rotatable bonds is 12. The molecule has 2 unspecified atom stereocenters. The lowest BCUT2D eigenvalue weighted by Crippen LogP contribution is -2.53. The number of amides is 4. The average molecular weight is 523 g/mol. The molecule has 0 aliphatic rings. The van der Waals surface area contributed by atoms with Crippen LogP contribution in [0.4, 0.5) is 4.79 Å². The van der Waals surface area contributed by atoms with Gasteiger partial charge in [-0.05, 0) is 50.8 Å². The van der Waals surface area contributed by atoms with Crippen molar-refractivity contribution in [1.29, 1.82) is 0 Å². The van der Waals surface area contributed by atoms with Gasteiger partial charge in [-0.1, -0.05) is 60.7 Å². The van der Waals surface area contributed by atoms with Crippen molar-refractivity contribution in [2.75, 3.05) is 6.54 Å². The first-order valence-electron chi connectivity index (χ1n) is 12.5. The van der Waals surface area contributed by atoms with Crippen molar-refractivity contribution in [3.63, 3.8) is 0 Å². The summed E-state index contributed by atoms with van der Waals surface area (Å²) in [5.41, 5.74) is 6.86. The van der Waals surface area contributed by atoms with Gasteiger partial charge in [0, 0.05) is 19.5 Å². The van der Waals surface area contributed by atoms with E-state index in [0.717, 1.165) is 11.1 Å². The number of carbonyl (C=O) groups excluding carboxylic acids is 4. The predicted octanol–water partition coefficient (Wildman–Crippen LogP) is 3.53. The summed E-state index contributed by atoms with van der Waals surface area (Å²) in [5.74, 6) is -1.59. The monoisotopic (exact) mass is 522 g/mol. The van der Waals surface area contributed by atoms with Crippen LogP contribution in [-0.2, 0) is 25.7 Å². The molecule has 2 atom stereocenters. The SMILES string of the molecule is C=CCN(C(=O)C(CCC(N)=O)NC(=O)OC(C)(C)C)C(C(=O)NCc1ccccc1)c1ccccc1C. The first-order valence-corrected chi connectivity index (χ1v) is 12.5. The molecule has 0 aliphatic carbocycles. The second-order valence-corrected chi connectivity index (χ2v) is 9.95. The maximum atomic E-state index is 13.9. The average Bonchev–Trinajstić information content (AvgIpc) is 2.85. The Morgan fingerprint density at radius 1 is 1.05 bits per heavy atom. The van der Waals surface area contributed by atoms with Gasteiger partial charge in [0.05, 0.1) is 0 Å². The van der Waals surface area contributed by atoms with Crippen LogP contribution in [0, 0.1) is 6.92 Å². The number of carbonyl (C=O) groups is 4.